The minimum absolute atomic E-state index is 0.0327. The first kappa shape index (κ1) is 27.5. The number of hydrogen-bond acceptors (Lipinski definition) is 3. The molecule has 0 N–H and O–H groups in total. The van der Waals surface area contributed by atoms with Crippen molar-refractivity contribution in [3.05, 3.63) is 131 Å². The van der Waals surface area contributed by atoms with Gasteiger partial charge >= 0.3 is 0 Å². The molecule has 0 radical (unpaired) electrons. The van der Waals surface area contributed by atoms with E-state index in [1.165, 1.54) is 0 Å². The van der Waals surface area contributed by atoms with Crippen LogP contribution in [0.1, 0.15) is 34.2 Å². The van der Waals surface area contributed by atoms with E-state index in [0.717, 1.165) is 66.7 Å². The average Bonchev–Trinajstić information content (AvgIpc) is 3.59. The fourth-order valence-corrected chi connectivity index (χ4v) is 6.13. The molecule has 0 aliphatic heterocycles. The number of hydrogen-bond donors (Lipinski definition) is 0. The van der Waals surface area contributed by atoms with E-state index in [0.29, 0.717) is 11.5 Å². The van der Waals surface area contributed by atoms with Crippen molar-refractivity contribution in [2.75, 3.05) is 0 Å². The van der Waals surface area contributed by atoms with E-state index in [9.17, 15) is 8.78 Å². The number of pyridine rings is 1. The second-order valence-corrected chi connectivity index (χ2v) is 11.3. The molecule has 0 amide bonds. The predicted octanol–water partition coefficient (Wildman–Crippen LogP) is 9.99. The maximum Gasteiger partial charge on any atom is 0.263 e. The van der Waals surface area contributed by atoms with Crippen molar-refractivity contribution >= 4 is 21.8 Å². The Morgan fingerprint density at radius 1 is 0.727 bits per heavy atom. The van der Waals surface area contributed by atoms with Gasteiger partial charge in [0.1, 0.15) is 17.3 Å². The van der Waals surface area contributed by atoms with Gasteiger partial charge in [0, 0.05) is 46.4 Å². The molecule has 0 spiro atoms. The van der Waals surface area contributed by atoms with E-state index < -0.39 is 6.43 Å². The molecule has 218 valence electrons. The van der Waals surface area contributed by atoms with Gasteiger partial charge in [0.15, 0.2) is 0 Å². The van der Waals surface area contributed by atoms with Gasteiger partial charge < -0.3 is 4.74 Å². The summed E-state index contributed by atoms with van der Waals surface area (Å²) in [6.07, 6.45) is 3.03. The standard InChI is InChI=1S/C37H30F2N4O/c1-22-11-12-40-35(15-22)43-33-8-6-5-7-31(33)32-10-9-29(19-34(32)43)44-30-14-23(2)13-28(18-30)42-21-27(20-41-42)36-24(3)16-26(37(38)39)17-25(36)4/h5-21,37H,1-4H3. The van der Waals surface area contributed by atoms with Crippen LogP contribution in [0.15, 0.2) is 104 Å². The highest BCUT2D eigenvalue weighted by atomic mass is 19.3. The number of rotatable bonds is 6. The first-order valence-corrected chi connectivity index (χ1v) is 14.5. The van der Waals surface area contributed by atoms with E-state index >= 15 is 0 Å². The zero-order valence-corrected chi connectivity index (χ0v) is 24.8. The molecule has 3 heterocycles. The van der Waals surface area contributed by atoms with Gasteiger partial charge in [-0.15, -0.1) is 0 Å². The topological polar surface area (TPSA) is 44.9 Å². The van der Waals surface area contributed by atoms with Crippen LogP contribution in [-0.2, 0) is 0 Å². The minimum atomic E-state index is -2.50. The summed E-state index contributed by atoms with van der Waals surface area (Å²) in [6.45, 7) is 7.80. The number of fused-ring (bicyclic) bond motifs is 3. The predicted molar refractivity (Wildman–Crippen MR) is 172 cm³/mol. The second-order valence-electron chi connectivity index (χ2n) is 11.3. The summed E-state index contributed by atoms with van der Waals surface area (Å²) in [6, 6.07) is 27.6. The number of aryl methyl sites for hydroxylation is 4. The van der Waals surface area contributed by atoms with E-state index in [4.69, 9.17) is 4.74 Å². The highest BCUT2D eigenvalue weighted by molar-refractivity contribution is 6.09. The van der Waals surface area contributed by atoms with Crippen molar-refractivity contribution in [1.29, 1.82) is 0 Å². The van der Waals surface area contributed by atoms with Gasteiger partial charge in [-0.2, -0.15) is 5.10 Å². The van der Waals surface area contributed by atoms with Crippen LogP contribution in [0.5, 0.6) is 11.5 Å². The van der Waals surface area contributed by atoms with Gasteiger partial charge in [-0.05, 0) is 110 Å². The van der Waals surface area contributed by atoms with Gasteiger partial charge in [-0.25, -0.2) is 18.4 Å². The van der Waals surface area contributed by atoms with Crippen LogP contribution >= 0.6 is 0 Å². The molecule has 0 bridgehead atoms. The summed E-state index contributed by atoms with van der Waals surface area (Å²) in [5, 5.41) is 6.89. The third-order valence-corrected chi connectivity index (χ3v) is 7.99. The minimum Gasteiger partial charge on any atom is -0.457 e. The van der Waals surface area contributed by atoms with Gasteiger partial charge in [-0.1, -0.05) is 18.2 Å². The molecule has 0 aliphatic rings. The molecule has 5 nitrogen and oxygen atoms in total. The highest BCUT2D eigenvalue weighted by Crippen LogP contribution is 2.36. The molecule has 0 aliphatic carbocycles. The molecular formula is C37H30F2N4O. The monoisotopic (exact) mass is 584 g/mol. The summed E-state index contributed by atoms with van der Waals surface area (Å²) >= 11 is 0. The van der Waals surface area contributed by atoms with Crippen molar-refractivity contribution in [3.8, 4) is 34.1 Å². The van der Waals surface area contributed by atoms with Crippen LogP contribution in [-0.4, -0.2) is 19.3 Å². The van der Waals surface area contributed by atoms with Crippen LogP contribution in [0.2, 0.25) is 0 Å². The number of alkyl halides is 2. The third-order valence-electron chi connectivity index (χ3n) is 7.99. The Balaban J connectivity index is 1.25. The zero-order chi connectivity index (χ0) is 30.5. The van der Waals surface area contributed by atoms with Crippen molar-refractivity contribution in [2.24, 2.45) is 0 Å². The summed E-state index contributed by atoms with van der Waals surface area (Å²) < 4.78 is 37.1. The SMILES string of the molecule is Cc1cc(Oc2ccc3c4ccccc4n(-c4cc(C)ccn4)c3c2)cc(-n2cc(-c3c(C)cc(C(F)F)cc3C)cn2)c1. The van der Waals surface area contributed by atoms with Crippen LogP contribution in [0, 0.1) is 27.7 Å². The molecule has 7 heteroatoms. The average molecular weight is 585 g/mol. The zero-order valence-electron chi connectivity index (χ0n) is 24.8. The number of nitrogens with zero attached hydrogens (tertiary/aromatic N) is 4. The quantitative estimate of drug-likeness (QED) is 0.195. The summed E-state index contributed by atoms with van der Waals surface area (Å²) in [5.74, 6) is 2.24. The van der Waals surface area contributed by atoms with Crippen LogP contribution in [0.3, 0.4) is 0 Å². The molecule has 4 aromatic carbocycles. The number of para-hydroxylation sites is 1. The van der Waals surface area contributed by atoms with Crippen molar-refractivity contribution in [1.82, 2.24) is 19.3 Å². The molecular weight excluding hydrogens is 554 g/mol. The lowest BCUT2D eigenvalue weighted by Crippen LogP contribution is -1.98. The molecule has 7 aromatic rings. The molecule has 0 fully saturated rings. The summed E-state index contributed by atoms with van der Waals surface area (Å²) in [5.41, 5.74) is 8.48. The Morgan fingerprint density at radius 3 is 2.27 bits per heavy atom. The number of halogens is 2. The Bertz CT molecular complexity index is 2170. The molecule has 0 saturated heterocycles. The number of ether oxygens (including phenoxy) is 1. The molecule has 0 unspecified atom stereocenters. The number of benzene rings is 4. The van der Waals surface area contributed by atoms with E-state index in [2.05, 4.69) is 58.0 Å². The Morgan fingerprint density at radius 2 is 1.50 bits per heavy atom. The lowest BCUT2D eigenvalue weighted by Gasteiger charge is -2.12. The molecule has 44 heavy (non-hydrogen) atoms. The first-order chi connectivity index (χ1) is 21.2. The summed E-state index contributed by atoms with van der Waals surface area (Å²) in [7, 11) is 0. The van der Waals surface area contributed by atoms with Crippen LogP contribution in [0.25, 0.3) is 44.4 Å². The van der Waals surface area contributed by atoms with Gasteiger partial charge in [-0.3, -0.25) is 4.57 Å². The maximum absolute atomic E-state index is 13.3. The molecule has 0 saturated carbocycles. The normalized spacial score (nSPS) is 11.6. The van der Waals surface area contributed by atoms with Crippen LogP contribution < -0.4 is 4.74 Å². The van der Waals surface area contributed by atoms with Gasteiger partial charge in [0.05, 0.1) is 22.9 Å². The molecule has 3 aromatic heterocycles. The van der Waals surface area contributed by atoms with Gasteiger partial charge in [0.2, 0.25) is 0 Å². The van der Waals surface area contributed by atoms with Crippen molar-refractivity contribution in [2.45, 2.75) is 34.1 Å². The second kappa shape index (κ2) is 10.8. The van der Waals surface area contributed by atoms with E-state index in [1.807, 2.05) is 69.6 Å². The van der Waals surface area contributed by atoms with E-state index in [-0.39, 0.29) is 5.56 Å². The van der Waals surface area contributed by atoms with Crippen molar-refractivity contribution < 1.29 is 13.5 Å². The number of aromatic nitrogens is 4. The van der Waals surface area contributed by atoms with Gasteiger partial charge in [0.25, 0.3) is 6.43 Å². The third kappa shape index (κ3) is 4.90. The lowest BCUT2D eigenvalue weighted by molar-refractivity contribution is 0.151. The first-order valence-electron chi connectivity index (χ1n) is 14.5. The van der Waals surface area contributed by atoms with Crippen molar-refractivity contribution in [3.63, 3.8) is 0 Å². The lowest BCUT2D eigenvalue weighted by atomic mass is 9.95. The Kier molecular flexibility index (Phi) is 6.73. The molecule has 7 rings (SSSR count). The van der Waals surface area contributed by atoms with E-state index in [1.54, 1.807) is 23.0 Å². The Hall–Kier alpha value is -5.30. The maximum atomic E-state index is 13.3. The Labute approximate surface area is 254 Å². The smallest absolute Gasteiger partial charge is 0.263 e. The van der Waals surface area contributed by atoms with Crippen LogP contribution in [0.4, 0.5) is 8.78 Å². The molecule has 0 atom stereocenters. The fourth-order valence-electron chi connectivity index (χ4n) is 6.13. The summed E-state index contributed by atoms with van der Waals surface area (Å²) in [4.78, 5) is 4.68. The fraction of sp³-hybridized carbons (Fsp3) is 0.135. The highest BCUT2D eigenvalue weighted by Gasteiger charge is 2.16. The largest absolute Gasteiger partial charge is 0.457 e.